The van der Waals surface area contributed by atoms with E-state index in [1.165, 1.54) is 0 Å². The number of rotatable bonds is 1. The van der Waals surface area contributed by atoms with Crippen LogP contribution in [0, 0.1) is 0 Å². The minimum Gasteiger partial charge on any atom is -0.302 e. The predicted molar refractivity (Wildman–Crippen MR) is 46.5 cm³/mol. The van der Waals surface area contributed by atoms with Crippen LogP contribution in [0.1, 0.15) is 12.6 Å². The van der Waals surface area contributed by atoms with E-state index in [1.807, 2.05) is 25.1 Å². The van der Waals surface area contributed by atoms with Gasteiger partial charge in [0.1, 0.15) is 11.9 Å². The zero-order valence-electron chi connectivity index (χ0n) is 6.78. The van der Waals surface area contributed by atoms with Gasteiger partial charge in [0.2, 0.25) is 0 Å². The fourth-order valence-electron chi connectivity index (χ4n) is 1.06. The molecule has 2 rings (SSSR count). The molecule has 1 atom stereocenters. The minimum atomic E-state index is 0.127. The van der Waals surface area contributed by atoms with Crippen LogP contribution in [-0.2, 0) is 0 Å². The molecule has 0 fully saturated rings. The highest BCUT2D eigenvalue weighted by molar-refractivity contribution is 5.97. The van der Waals surface area contributed by atoms with E-state index in [-0.39, 0.29) is 6.17 Å². The maximum atomic E-state index is 4.29. The van der Waals surface area contributed by atoms with E-state index >= 15 is 0 Å². The van der Waals surface area contributed by atoms with Crippen molar-refractivity contribution in [2.75, 3.05) is 0 Å². The molecule has 0 aromatic carbocycles. The number of hydrazine groups is 1. The standard InChI is InChI=1S/C8H10N4/c1-6-10-8(12-11-6)7-4-2-3-5-9-7/h2-6,11H,1H3,(H,10,12). The maximum Gasteiger partial charge on any atom is 0.163 e. The minimum absolute atomic E-state index is 0.127. The molecule has 4 heteroatoms. The lowest BCUT2D eigenvalue weighted by molar-refractivity contribution is 0.589. The van der Waals surface area contributed by atoms with Gasteiger partial charge in [0.25, 0.3) is 0 Å². The molecule has 0 aliphatic carbocycles. The van der Waals surface area contributed by atoms with Crippen molar-refractivity contribution in [3.8, 4) is 0 Å². The molecule has 0 radical (unpaired) electrons. The van der Waals surface area contributed by atoms with Crippen LogP contribution in [0.25, 0.3) is 0 Å². The van der Waals surface area contributed by atoms with Crippen LogP contribution in [0.3, 0.4) is 0 Å². The van der Waals surface area contributed by atoms with E-state index in [4.69, 9.17) is 0 Å². The average molecular weight is 162 g/mol. The van der Waals surface area contributed by atoms with Crippen molar-refractivity contribution in [1.82, 2.24) is 15.8 Å². The Morgan fingerprint density at radius 3 is 2.92 bits per heavy atom. The first-order valence-electron chi connectivity index (χ1n) is 3.87. The Hall–Kier alpha value is -1.42. The Balaban J connectivity index is 2.27. The van der Waals surface area contributed by atoms with Crippen LogP contribution < -0.4 is 10.9 Å². The molecule has 1 aliphatic heterocycles. The zero-order valence-corrected chi connectivity index (χ0v) is 6.78. The molecule has 62 valence electrons. The van der Waals surface area contributed by atoms with E-state index in [0.29, 0.717) is 0 Å². The first-order chi connectivity index (χ1) is 5.86. The molecule has 12 heavy (non-hydrogen) atoms. The largest absolute Gasteiger partial charge is 0.302 e. The summed E-state index contributed by atoms with van der Waals surface area (Å²) in [7, 11) is 0. The van der Waals surface area contributed by atoms with E-state index < -0.39 is 0 Å². The Morgan fingerprint density at radius 2 is 2.33 bits per heavy atom. The summed E-state index contributed by atoms with van der Waals surface area (Å²) in [5.41, 5.74) is 6.80. The summed E-state index contributed by atoms with van der Waals surface area (Å²) in [6.45, 7) is 1.98. The van der Waals surface area contributed by atoms with Gasteiger partial charge in [-0.2, -0.15) is 0 Å². The molecule has 1 unspecified atom stereocenters. The van der Waals surface area contributed by atoms with Crippen molar-refractivity contribution < 1.29 is 0 Å². The van der Waals surface area contributed by atoms with Gasteiger partial charge in [-0.15, -0.1) is 0 Å². The third kappa shape index (κ3) is 1.29. The SMILES string of the molecule is CC1N=C(c2ccccn2)NN1. The number of nitrogens with one attached hydrogen (secondary N) is 2. The molecule has 0 amide bonds. The van der Waals surface area contributed by atoms with Crippen molar-refractivity contribution in [3.63, 3.8) is 0 Å². The van der Waals surface area contributed by atoms with Crippen LogP contribution in [0.15, 0.2) is 29.4 Å². The number of aliphatic imine (C=N–C) groups is 1. The van der Waals surface area contributed by atoms with Crippen LogP contribution in [0.2, 0.25) is 0 Å². The summed E-state index contributed by atoms with van der Waals surface area (Å²) < 4.78 is 0. The Kier molecular flexibility index (Phi) is 1.75. The number of hydrogen-bond acceptors (Lipinski definition) is 4. The van der Waals surface area contributed by atoms with Crippen LogP contribution in [0.5, 0.6) is 0 Å². The lowest BCUT2D eigenvalue weighted by Crippen LogP contribution is -2.34. The first-order valence-corrected chi connectivity index (χ1v) is 3.87. The molecule has 0 bridgehead atoms. The number of nitrogens with zero attached hydrogens (tertiary/aromatic N) is 2. The fourth-order valence-corrected chi connectivity index (χ4v) is 1.06. The highest BCUT2D eigenvalue weighted by Crippen LogP contribution is 1.99. The van der Waals surface area contributed by atoms with Crippen LogP contribution in [0.4, 0.5) is 0 Å². The molecule has 2 N–H and O–H groups in total. The van der Waals surface area contributed by atoms with Gasteiger partial charge < -0.3 is 5.43 Å². The molecule has 1 aromatic heterocycles. The quantitative estimate of drug-likeness (QED) is 0.623. The van der Waals surface area contributed by atoms with Gasteiger partial charge in [-0.25, -0.2) is 10.4 Å². The summed E-state index contributed by atoms with van der Waals surface area (Å²) in [5, 5.41) is 0. The normalized spacial score (nSPS) is 21.8. The zero-order chi connectivity index (χ0) is 8.39. The second-order valence-corrected chi connectivity index (χ2v) is 2.64. The van der Waals surface area contributed by atoms with Gasteiger partial charge >= 0.3 is 0 Å². The molecular formula is C8H10N4. The topological polar surface area (TPSA) is 49.3 Å². The van der Waals surface area contributed by atoms with Gasteiger partial charge in [-0.05, 0) is 19.1 Å². The number of hydrogen-bond donors (Lipinski definition) is 2. The van der Waals surface area contributed by atoms with Crippen molar-refractivity contribution in [2.24, 2.45) is 4.99 Å². The van der Waals surface area contributed by atoms with Gasteiger partial charge in [0.05, 0.1) is 0 Å². The van der Waals surface area contributed by atoms with E-state index in [1.54, 1.807) is 6.20 Å². The second-order valence-electron chi connectivity index (χ2n) is 2.64. The van der Waals surface area contributed by atoms with Crippen molar-refractivity contribution in [1.29, 1.82) is 0 Å². The predicted octanol–water partition coefficient (Wildman–Crippen LogP) is 0.282. The average Bonchev–Trinajstić information content (AvgIpc) is 2.54. The summed E-state index contributed by atoms with van der Waals surface area (Å²) in [6, 6.07) is 5.75. The monoisotopic (exact) mass is 162 g/mol. The van der Waals surface area contributed by atoms with Gasteiger partial charge in [-0.1, -0.05) is 6.07 Å². The lowest BCUT2D eigenvalue weighted by Gasteiger charge is -1.99. The van der Waals surface area contributed by atoms with Crippen molar-refractivity contribution >= 4 is 5.84 Å². The molecule has 2 heterocycles. The third-order valence-corrected chi connectivity index (χ3v) is 1.63. The molecule has 1 aliphatic rings. The number of amidine groups is 1. The highest BCUT2D eigenvalue weighted by atomic mass is 15.5. The summed E-state index contributed by atoms with van der Waals surface area (Å²) in [5.74, 6) is 0.808. The van der Waals surface area contributed by atoms with Gasteiger partial charge in [0.15, 0.2) is 5.84 Å². The van der Waals surface area contributed by atoms with E-state index in [0.717, 1.165) is 11.5 Å². The Labute approximate surface area is 70.7 Å². The Morgan fingerprint density at radius 1 is 1.42 bits per heavy atom. The number of pyridine rings is 1. The maximum absolute atomic E-state index is 4.29. The first kappa shape index (κ1) is 7.24. The van der Waals surface area contributed by atoms with E-state index in [9.17, 15) is 0 Å². The molecule has 0 saturated carbocycles. The summed E-state index contributed by atoms with van der Waals surface area (Å²) >= 11 is 0. The van der Waals surface area contributed by atoms with Gasteiger partial charge in [0, 0.05) is 6.20 Å². The van der Waals surface area contributed by atoms with Crippen molar-refractivity contribution in [2.45, 2.75) is 13.1 Å². The Bertz CT molecular complexity index is 293. The molecule has 1 aromatic rings. The smallest absolute Gasteiger partial charge is 0.163 e. The molecular weight excluding hydrogens is 152 g/mol. The molecule has 0 saturated heterocycles. The van der Waals surface area contributed by atoms with E-state index in [2.05, 4.69) is 20.8 Å². The van der Waals surface area contributed by atoms with Crippen LogP contribution in [-0.4, -0.2) is 17.0 Å². The van der Waals surface area contributed by atoms with Gasteiger partial charge in [-0.3, -0.25) is 4.98 Å². The summed E-state index contributed by atoms with van der Waals surface area (Å²) in [4.78, 5) is 8.45. The fraction of sp³-hybridized carbons (Fsp3) is 0.250. The molecule has 0 spiro atoms. The highest BCUT2D eigenvalue weighted by Gasteiger charge is 2.12. The van der Waals surface area contributed by atoms with Crippen LogP contribution >= 0.6 is 0 Å². The second kappa shape index (κ2) is 2.91. The van der Waals surface area contributed by atoms with Crippen molar-refractivity contribution in [3.05, 3.63) is 30.1 Å². The number of aromatic nitrogens is 1. The summed E-state index contributed by atoms with van der Waals surface area (Å²) in [6.07, 6.45) is 1.88. The molecule has 4 nitrogen and oxygen atoms in total. The third-order valence-electron chi connectivity index (χ3n) is 1.63. The lowest BCUT2D eigenvalue weighted by atomic mass is 10.3.